The standard InChI is InChI=1S/C7H18O2Si/c1-5-8-7(4,9-10)6(2)3/h6H,5H2,1-4,10H3. The maximum Gasteiger partial charge on any atom is 0.157 e. The molecule has 0 aromatic carbocycles. The van der Waals surface area contributed by atoms with Crippen molar-refractivity contribution in [3.63, 3.8) is 0 Å². The second-order valence-corrected chi connectivity index (χ2v) is 3.22. The molecule has 0 radical (unpaired) electrons. The molecule has 0 rings (SSSR count). The quantitative estimate of drug-likeness (QED) is 0.447. The van der Waals surface area contributed by atoms with Crippen molar-refractivity contribution in [1.82, 2.24) is 0 Å². The van der Waals surface area contributed by atoms with Crippen LogP contribution >= 0.6 is 0 Å². The van der Waals surface area contributed by atoms with Crippen LogP contribution in [0.2, 0.25) is 0 Å². The molecule has 0 amide bonds. The van der Waals surface area contributed by atoms with Crippen LogP contribution in [-0.2, 0) is 9.16 Å². The van der Waals surface area contributed by atoms with Gasteiger partial charge in [0.2, 0.25) is 0 Å². The molecule has 0 saturated heterocycles. The summed E-state index contributed by atoms with van der Waals surface area (Å²) in [6, 6.07) is 0. The molecule has 0 aliphatic carbocycles. The summed E-state index contributed by atoms with van der Waals surface area (Å²) in [5, 5.41) is 0. The van der Waals surface area contributed by atoms with Crippen LogP contribution in [0.5, 0.6) is 0 Å². The zero-order valence-corrected chi connectivity index (χ0v) is 9.60. The third-order valence-electron chi connectivity index (χ3n) is 1.88. The van der Waals surface area contributed by atoms with Crippen molar-refractivity contribution in [3.05, 3.63) is 0 Å². The van der Waals surface area contributed by atoms with Gasteiger partial charge in [-0.15, -0.1) is 0 Å². The van der Waals surface area contributed by atoms with E-state index in [4.69, 9.17) is 9.16 Å². The van der Waals surface area contributed by atoms with Crippen molar-refractivity contribution in [2.75, 3.05) is 6.61 Å². The summed E-state index contributed by atoms with van der Waals surface area (Å²) in [6.07, 6.45) is 0. The second kappa shape index (κ2) is 4.11. The molecule has 0 heterocycles. The zero-order valence-electron chi connectivity index (χ0n) is 7.60. The van der Waals surface area contributed by atoms with E-state index < -0.39 is 0 Å². The van der Waals surface area contributed by atoms with Gasteiger partial charge in [-0.2, -0.15) is 0 Å². The molecule has 0 aromatic rings. The topological polar surface area (TPSA) is 18.5 Å². The molecular formula is C7H18O2Si. The Balaban J connectivity index is 3.94. The van der Waals surface area contributed by atoms with Gasteiger partial charge < -0.3 is 9.16 Å². The molecule has 3 heteroatoms. The zero-order chi connectivity index (χ0) is 8.20. The predicted molar refractivity (Wildman–Crippen MR) is 45.9 cm³/mol. The predicted octanol–water partition coefficient (Wildman–Crippen LogP) is 0.692. The summed E-state index contributed by atoms with van der Waals surface area (Å²) >= 11 is 0. The van der Waals surface area contributed by atoms with Crippen molar-refractivity contribution in [2.24, 2.45) is 5.92 Å². The number of hydrogen-bond acceptors (Lipinski definition) is 2. The van der Waals surface area contributed by atoms with Crippen LogP contribution in [-0.4, -0.2) is 22.9 Å². The lowest BCUT2D eigenvalue weighted by Gasteiger charge is -2.32. The second-order valence-electron chi connectivity index (χ2n) is 2.81. The molecule has 0 spiro atoms. The van der Waals surface area contributed by atoms with E-state index in [2.05, 4.69) is 13.8 Å². The van der Waals surface area contributed by atoms with Crippen LogP contribution in [0.25, 0.3) is 0 Å². The molecule has 0 N–H and O–H groups in total. The van der Waals surface area contributed by atoms with Crippen molar-refractivity contribution in [3.8, 4) is 0 Å². The smallest absolute Gasteiger partial charge is 0.157 e. The van der Waals surface area contributed by atoms with Gasteiger partial charge in [0.05, 0.1) is 0 Å². The monoisotopic (exact) mass is 162 g/mol. The van der Waals surface area contributed by atoms with E-state index in [1.807, 2.05) is 13.8 Å². The molecule has 0 fully saturated rings. The Morgan fingerprint density at radius 1 is 1.50 bits per heavy atom. The minimum atomic E-state index is -0.346. The van der Waals surface area contributed by atoms with Gasteiger partial charge in [-0.1, -0.05) is 13.8 Å². The van der Waals surface area contributed by atoms with Crippen molar-refractivity contribution in [1.29, 1.82) is 0 Å². The van der Waals surface area contributed by atoms with E-state index in [0.29, 0.717) is 5.92 Å². The third-order valence-corrected chi connectivity index (χ3v) is 2.70. The third kappa shape index (κ3) is 2.40. The van der Waals surface area contributed by atoms with Crippen molar-refractivity contribution >= 4 is 10.5 Å². The Labute approximate surface area is 66.5 Å². The Bertz CT molecular complexity index is 95.6. The van der Waals surface area contributed by atoms with E-state index in [1.165, 1.54) is 0 Å². The number of rotatable bonds is 4. The molecule has 0 aliphatic rings. The van der Waals surface area contributed by atoms with E-state index in [0.717, 1.165) is 17.1 Å². The molecule has 1 atom stereocenters. The van der Waals surface area contributed by atoms with E-state index in [-0.39, 0.29) is 5.79 Å². The lowest BCUT2D eigenvalue weighted by atomic mass is 10.1. The minimum absolute atomic E-state index is 0.346. The molecule has 2 nitrogen and oxygen atoms in total. The van der Waals surface area contributed by atoms with E-state index in [1.54, 1.807) is 0 Å². The molecule has 0 aromatic heterocycles. The van der Waals surface area contributed by atoms with Gasteiger partial charge in [0.1, 0.15) is 10.5 Å². The molecule has 10 heavy (non-hydrogen) atoms. The van der Waals surface area contributed by atoms with Gasteiger partial charge >= 0.3 is 0 Å². The van der Waals surface area contributed by atoms with Gasteiger partial charge in [0.25, 0.3) is 0 Å². The number of ether oxygens (including phenoxy) is 1. The van der Waals surface area contributed by atoms with Crippen molar-refractivity contribution < 1.29 is 9.16 Å². The van der Waals surface area contributed by atoms with Gasteiger partial charge in [-0.3, -0.25) is 0 Å². The molecule has 1 unspecified atom stereocenters. The first kappa shape index (κ1) is 10.1. The van der Waals surface area contributed by atoms with E-state index >= 15 is 0 Å². The first-order valence-corrected chi connectivity index (χ1v) is 4.57. The summed E-state index contributed by atoms with van der Waals surface area (Å²) in [7, 11) is 0.734. The average molecular weight is 162 g/mol. The Morgan fingerprint density at radius 2 is 2.00 bits per heavy atom. The Morgan fingerprint density at radius 3 is 2.10 bits per heavy atom. The molecule has 62 valence electrons. The van der Waals surface area contributed by atoms with Gasteiger partial charge in [-0.25, -0.2) is 0 Å². The lowest BCUT2D eigenvalue weighted by Crippen LogP contribution is -2.37. The Hall–Kier alpha value is 0.137. The fourth-order valence-electron chi connectivity index (χ4n) is 0.748. The van der Waals surface area contributed by atoms with Crippen LogP contribution in [0.15, 0.2) is 0 Å². The highest BCUT2D eigenvalue weighted by Crippen LogP contribution is 2.20. The van der Waals surface area contributed by atoms with Crippen LogP contribution in [0, 0.1) is 5.92 Å². The largest absolute Gasteiger partial charge is 0.401 e. The molecular weight excluding hydrogens is 144 g/mol. The van der Waals surface area contributed by atoms with Crippen LogP contribution in [0.4, 0.5) is 0 Å². The highest BCUT2D eigenvalue weighted by molar-refractivity contribution is 5.98. The molecule has 0 saturated carbocycles. The fourth-order valence-corrected chi connectivity index (χ4v) is 1.34. The SMILES string of the molecule is CCOC(C)(O[SiH3])C(C)C. The fraction of sp³-hybridized carbons (Fsp3) is 1.00. The van der Waals surface area contributed by atoms with Gasteiger partial charge in [0, 0.05) is 12.5 Å². The molecule has 0 aliphatic heterocycles. The first-order valence-electron chi connectivity index (χ1n) is 3.76. The van der Waals surface area contributed by atoms with Gasteiger partial charge in [-0.05, 0) is 13.8 Å². The Kier molecular flexibility index (Phi) is 4.16. The maximum atomic E-state index is 5.45. The lowest BCUT2D eigenvalue weighted by molar-refractivity contribution is -0.192. The summed E-state index contributed by atoms with van der Waals surface area (Å²) in [4.78, 5) is 0. The van der Waals surface area contributed by atoms with Crippen LogP contribution in [0.1, 0.15) is 27.7 Å². The summed E-state index contributed by atoms with van der Waals surface area (Å²) in [6.45, 7) is 8.91. The normalized spacial score (nSPS) is 17.7. The van der Waals surface area contributed by atoms with Gasteiger partial charge in [0.15, 0.2) is 5.79 Å². The van der Waals surface area contributed by atoms with Crippen LogP contribution < -0.4 is 0 Å². The highest BCUT2D eigenvalue weighted by Gasteiger charge is 2.26. The van der Waals surface area contributed by atoms with Crippen LogP contribution in [0.3, 0.4) is 0 Å². The first-order chi connectivity index (χ1) is 4.56. The van der Waals surface area contributed by atoms with Crippen molar-refractivity contribution in [2.45, 2.75) is 33.5 Å². The molecule has 0 bridgehead atoms. The average Bonchev–Trinajstić information content (AvgIpc) is 1.88. The summed E-state index contributed by atoms with van der Waals surface area (Å²) < 4.78 is 10.8. The summed E-state index contributed by atoms with van der Waals surface area (Å²) in [5.41, 5.74) is 0. The van der Waals surface area contributed by atoms with E-state index in [9.17, 15) is 0 Å². The maximum absolute atomic E-state index is 5.45. The minimum Gasteiger partial charge on any atom is -0.401 e. The number of hydrogen-bond donors (Lipinski definition) is 0. The highest BCUT2D eigenvalue weighted by atomic mass is 28.2. The summed E-state index contributed by atoms with van der Waals surface area (Å²) in [5.74, 6) is 0.0750.